The van der Waals surface area contributed by atoms with Crippen LogP contribution in [0.4, 0.5) is 0 Å². The molecule has 0 bridgehead atoms. The largest absolute Gasteiger partial charge is 0.291 e. The normalized spacial score (nSPS) is 10.8. The second-order valence-electron chi connectivity index (χ2n) is 3.98. The van der Waals surface area contributed by atoms with Gasteiger partial charge in [0.1, 0.15) is 0 Å². The molecule has 1 aromatic heterocycles. The standard InChI is InChI=1S/C12H20N2OS/c1-5-6-7-8-10-9(2)13-12(16-4)14(3)11(10)15/h5-8H2,1-4H3. The molecule has 1 aromatic rings. The molecule has 16 heavy (non-hydrogen) atoms. The van der Waals surface area contributed by atoms with Gasteiger partial charge in [0.2, 0.25) is 0 Å². The van der Waals surface area contributed by atoms with E-state index in [-0.39, 0.29) is 5.56 Å². The lowest BCUT2D eigenvalue weighted by Crippen LogP contribution is -2.25. The molecular weight excluding hydrogens is 220 g/mol. The van der Waals surface area contributed by atoms with Gasteiger partial charge in [-0.3, -0.25) is 9.36 Å². The SMILES string of the molecule is CCCCCc1c(C)nc(SC)n(C)c1=O. The second kappa shape index (κ2) is 6.09. The number of thioether (sulfide) groups is 1. The summed E-state index contributed by atoms with van der Waals surface area (Å²) in [6, 6.07) is 0. The van der Waals surface area contributed by atoms with Crippen LogP contribution in [-0.2, 0) is 13.5 Å². The number of rotatable bonds is 5. The van der Waals surface area contributed by atoms with Gasteiger partial charge in [-0.1, -0.05) is 31.5 Å². The van der Waals surface area contributed by atoms with Gasteiger partial charge in [0.25, 0.3) is 5.56 Å². The molecule has 0 aromatic carbocycles. The zero-order valence-corrected chi connectivity index (χ0v) is 11.4. The molecule has 0 aliphatic carbocycles. The average Bonchev–Trinajstić information content (AvgIpc) is 2.28. The van der Waals surface area contributed by atoms with Gasteiger partial charge in [-0.05, 0) is 26.0 Å². The maximum atomic E-state index is 12.1. The maximum Gasteiger partial charge on any atom is 0.257 e. The predicted octanol–water partition coefficient (Wildman–Crippen LogP) is 2.54. The summed E-state index contributed by atoms with van der Waals surface area (Å²) in [4.78, 5) is 16.5. The van der Waals surface area contributed by atoms with E-state index in [1.807, 2.05) is 13.2 Å². The van der Waals surface area contributed by atoms with Crippen molar-refractivity contribution in [3.8, 4) is 0 Å². The number of aryl methyl sites for hydroxylation is 1. The highest BCUT2D eigenvalue weighted by molar-refractivity contribution is 7.98. The first-order valence-corrected chi connectivity index (χ1v) is 6.94. The molecule has 0 amide bonds. The number of nitrogens with zero attached hydrogens (tertiary/aromatic N) is 2. The molecule has 0 atom stereocenters. The predicted molar refractivity (Wildman–Crippen MR) is 69.2 cm³/mol. The third kappa shape index (κ3) is 2.88. The Balaban J connectivity index is 3.01. The van der Waals surface area contributed by atoms with Crippen molar-refractivity contribution in [2.24, 2.45) is 7.05 Å². The van der Waals surface area contributed by atoms with Crippen molar-refractivity contribution in [3.63, 3.8) is 0 Å². The van der Waals surface area contributed by atoms with E-state index in [0.717, 1.165) is 29.3 Å². The van der Waals surface area contributed by atoms with Crippen LogP contribution in [0.25, 0.3) is 0 Å². The fourth-order valence-corrected chi connectivity index (χ4v) is 2.34. The lowest BCUT2D eigenvalue weighted by Gasteiger charge is -2.10. The highest BCUT2D eigenvalue weighted by Gasteiger charge is 2.10. The summed E-state index contributed by atoms with van der Waals surface area (Å²) in [5.74, 6) is 0. The molecule has 3 nitrogen and oxygen atoms in total. The van der Waals surface area contributed by atoms with E-state index < -0.39 is 0 Å². The summed E-state index contributed by atoms with van der Waals surface area (Å²) < 4.78 is 1.65. The van der Waals surface area contributed by atoms with Crippen LogP contribution in [0.3, 0.4) is 0 Å². The monoisotopic (exact) mass is 240 g/mol. The fourth-order valence-electron chi connectivity index (χ4n) is 1.75. The van der Waals surface area contributed by atoms with Crippen molar-refractivity contribution in [2.75, 3.05) is 6.26 Å². The third-order valence-corrected chi connectivity index (χ3v) is 3.49. The minimum Gasteiger partial charge on any atom is -0.291 e. The van der Waals surface area contributed by atoms with Crippen LogP contribution in [0, 0.1) is 6.92 Å². The summed E-state index contributed by atoms with van der Waals surface area (Å²) >= 11 is 1.51. The summed E-state index contributed by atoms with van der Waals surface area (Å²) in [6.45, 7) is 4.10. The van der Waals surface area contributed by atoms with Gasteiger partial charge in [0.15, 0.2) is 5.16 Å². The minimum absolute atomic E-state index is 0.118. The average molecular weight is 240 g/mol. The van der Waals surface area contributed by atoms with E-state index in [4.69, 9.17) is 0 Å². The lowest BCUT2D eigenvalue weighted by molar-refractivity contribution is 0.654. The Morgan fingerprint density at radius 3 is 2.62 bits per heavy atom. The van der Waals surface area contributed by atoms with E-state index in [0.29, 0.717) is 0 Å². The molecule has 0 radical (unpaired) electrons. The van der Waals surface area contributed by atoms with Crippen LogP contribution >= 0.6 is 11.8 Å². The molecular formula is C12H20N2OS. The minimum atomic E-state index is 0.118. The lowest BCUT2D eigenvalue weighted by atomic mass is 10.1. The van der Waals surface area contributed by atoms with Crippen molar-refractivity contribution in [3.05, 3.63) is 21.6 Å². The molecule has 0 N–H and O–H groups in total. The number of unbranched alkanes of at least 4 members (excludes halogenated alkanes) is 2. The highest BCUT2D eigenvalue weighted by Crippen LogP contribution is 2.12. The number of hydrogen-bond donors (Lipinski definition) is 0. The molecule has 0 aliphatic heterocycles. The molecule has 0 aliphatic rings. The Kier molecular flexibility index (Phi) is 5.06. The Morgan fingerprint density at radius 1 is 1.38 bits per heavy atom. The smallest absolute Gasteiger partial charge is 0.257 e. The van der Waals surface area contributed by atoms with Crippen LogP contribution in [0.15, 0.2) is 9.95 Å². The quantitative estimate of drug-likeness (QED) is 0.451. The van der Waals surface area contributed by atoms with Crippen LogP contribution in [-0.4, -0.2) is 15.8 Å². The Hall–Kier alpha value is -0.770. The van der Waals surface area contributed by atoms with E-state index in [2.05, 4.69) is 11.9 Å². The fraction of sp³-hybridized carbons (Fsp3) is 0.667. The molecule has 0 spiro atoms. The van der Waals surface area contributed by atoms with Gasteiger partial charge in [0, 0.05) is 18.3 Å². The zero-order valence-electron chi connectivity index (χ0n) is 10.5. The molecule has 1 rings (SSSR count). The van der Waals surface area contributed by atoms with Crippen molar-refractivity contribution < 1.29 is 0 Å². The molecule has 0 saturated carbocycles. The molecule has 1 heterocycles. The van der Waals surface area contributed by atoms with Crippen molar-refractivity contribution in [1.82, 2.24) is 9.55 Å². The second-order valence-corrected chi connectivity index (χ2v) is 4.76. The van der Waals surface area contributed by atoms with Crippen molar-refractivity contribution in [1.29, 1.82) is 0 Å². The number of hydrogen-bond acceptors (Lipinski definition) is 3. The molecule has 0 unspecified atom stereocenters. The first-order valence-electron chi connectivity index (χ1n) is 5.72. The van der Waals surface area contributed by atoms with Crippen LogP contribution in [0.2, 0.25) is 0 Å². The van der Waals surface area contributed by atoms with Crippen LogP contribution in [0.5, 0.6) is 0 Å². The van der Waals surface area contributed by atoms with Gasteiger partial charge in [-0.2, -0.15) is 0 Å². The summed E-state index contributed by atoms with van der Waals surface area (Å²) in [5, 5.41) is 0.793. The Bertz CT molecular complexity index is 412. The third-order valence-electron chi connectivity index (χ3n) is 2.76. The molecule has 4 heteroatoms. The van der Waals surface area contributed by atoms with Gasteiger partial charge in [-0.15, -0.1) is 0 Å². The highest BCUT2D eigenvalue weighted by atomic mass is 32.2. The van der Waals surface area contributed by atoms with Gasteiger partial charge in [-0.25, -0.2) is 4.98 Å². The van der Waals surface area contributed by atoms with Crippen molar-refractivity contribution in [2.45, 2.75) is 44.7 Å². The Morgan fingerprint density at radius 2 is 2.06 bits per heavy atom. The first kappa shape index (κ1) is 13.3. The van der Waals surface area contributed by atoms with E-state index in [1.165, 1.54) is 24.6 Å². The van der Waals surface area contributed by atoms with E-state index in [9.17, 15) is 4.79 Å². The Labute approximate surface area is 101 Å². The van der Waals surface area contributed by atoms with Gasteiger partial charge < -0.3 is 0 Å². The van der Waals surface area contributed by atoms with Crippen molar-refractivity contribution >= 4 is 11.8 Å². The van der Waals surface area contributed by atoms with E-state index >= 15 is 0 Å². The molecule has 0 fully saturated rings. The number of aromatic nitrogens is 2. The topological polar surface area (TPSA) is 34.9 Å². The summed E-state index contributed by atoms with van der Waals surface area (Å²) in [7, 11) is 1.80. The molecule has 0 saturated heterocycles. The van der Waals surface area contributed by atoms with Gasteiger partial charge in [0.05, 0.1) is 0 Å². The van der Waals surface area contributed by atoms with E-state index in [1.54, 1.807) is 11.6 Å². The summed E-state index contributed by atoms with van der Waals surface area (Å²) in [5.41, 5.74) is 1.89. The van der Waals surface area contributed by atoms with Crippen LogP contribution in [0.1, 0.15) is 37.4 Å². The van der Waals surface area contributed by atoms with Gasteiger partial charge >= 0.3 is 0 Å². The van der Waals surface area contributed by atoms with Crippen LogP contribution < -0.4 is 5.56 Å². The summed E-state index contributed by atoms with van der Waals surface area (Å²) in [6.07, 6.45) is 6.22. The first-order chi connectivity index (χ1) is 7.61. The maximum absolute atomic E-state index is 12.1. The zero-order chi connectivity index (χ0) is 12.1. The molecule has 90 valence electrons.